The molecule has 0 aliphatic carbocycles. The van der Waals surface area contributed by atoms with Gasteiger partial charge < -0.3 is 20.1 Å². The van der Waals surface area contributed by atoms with E-state index in [4.69, 9.17) is 9.47 Å². The molecule has 3 heterocycles. The van der Waals surface area contributed by atoms with E-state index >= 15 is 4.39 Å². The van der Waals surface area contributed by atoms with Crippen LogP contribution in [0.2, 0.25) is 0 Å². The van der Waals surface area contributed by atoms with Gasteiger partial charge in [-0.2, -0.15) is 0 Å². The van der Waals surface area contributed by atoms with E-state index < -0.39 is 23.2 Å². The van der Waals surface area contributed by atoms with Gasteiger partial charge in [0.1, 0.15) is 23.6 Å². The van der Waals surface area contributed by atoms with Crippen molar-refractivity contribution < 1.29 is 18.7 Å². The van der Waals surface area contributed by atoms with E-state index in [9.17, 15) is 4.79 Å². The summed E-state index contributed by atoms with van der Waals surface area (Å²) < 4.78 is 26.5. The number of aryl methyl sites for hydroxylation is 1. The Morgan fingerprint density at radius 3 is 2.64 bits per heavy atom. The molecule has 0 saturated carbocycles. The zero-order valence-corrected chi connectivity index (χ0v) is 21.8. The minimum Gasteiger partial charge on any atom is -0.489 e. The molecule has 2 saturated heterocycles. The van der Waals surface area contributed by atoms with Gasteiger partial charge in [-0.3, -0.25) is 4.90 Å². The summed E-state index contributed by atoms with van der Waals surface area (Å²) >= 11 is 0. The molecule has 2 aromatic rings. The van der Waals surface area contributed by atoms with Gasteiger partial charge in [0.15, 0.2) is 11.6 Å². The molecular formula is C27H38FN5O3. The lowest BCUT2D eigenvalue weighted by Crippen LogP contribution is -2.53. The second-order valence-corrected chi connectivity index (χ2v) is 10.8. The lowest BCUT2D eigenvalue weighted by atomic mass is 9.80. The Balaban J connectivity index is 1.57. The van der Waals surface area contributed by atoms with E-state index in [1.807, 2.05) is 13.0 Å². The van der Waals surface area contributed by atoms with Crippen LogP contribution in [0.25, 0.3) is 0 Å². The fraction of sp³-hybridized carbons (Fsp3) is 0.593. The van der Waals surface area contributed by atoms with Crippen molar-refractivity contribution in [3.63, 3.8) is 0 Å². The van der Waals surface area contributed by atoms with Crippen LogP contribution in [-0.2, 0) is 10.3 Å². The van der Waals surface area contributed by atoms with E-state index in [1.54, 1.807) is 39.2 Å². The van der Waals surface area contributed by atoms with E-state index in [0.717, 1.165) is 25.2 Å². The summed E-state index contributed by atoms with van der Waals surface area (Å²) in [7, 11) is 0. The summed E-state index contributed by atoms with van der Waals surface area (Å²) in [5.74, 6) is 0.179. The number of piperidine rings is 1. The van der Waals surface area contributed by atoms with Crippen molar-refractivity contribution in [2.24, 2.45) is 0 Å². The number of benzene rings is 1. The molecule has 196 valence electrons. The maximum atomic E-state index is 15.0. The predicted molar refractivity (Wildman–Crippen MR) is 136 cm³/mol. The third kappa shape index (κ3) is 6.31. The fourth-order valence-corrected chi connectivity index (χ4v) is 5.02. The molecular weight excluding hydrogens is 461 g/mol. The van der Waals surface area contributed by atoms with E-state index in [0.29, 0.717) is 36.8 Å². The highest BCUT2D eigenvalue weighted by atomic mass is 19.1. The smallest absolute Gasteiger partial charge is 0.408 e. The maximum absolute atomic E-state index is 15.0. The lowest BCUT2D eigenvalue weighted by molar-refractivity contribution is 0.0444. The molecule has 0 radical (unpaired) electrons. The van der Waals surface area contributed by atoms with Gasteiger partial charge in [0.2, 0.25) is 0 Å². The van der Waals surface area contributed by atoms with E-state index in [1.165, 1.54) is 25.3 Å². The number of nitrogens with one attached hydrogen (secondary N) is 2. The quantitative estimate of drug-likeness (QED) is 0.597. The minimum absolute atomic E-state index is 0.331. The van der Waals surface area contributed by atoms with Crippen LogP contribution in [0.1, 0.15) is 62.9 Å². The van der Waals surface area contributed by atoms with Gasteiger partial charge in [0.25, 0.3) is 0 Å². The Kier molecular flexibility index (Phi) is 8.10. The topological polar surface area (TPSA) is 88.6 Å². The summed E-state index contributed by atoms with van der Waals surface area (Å²) in [5.41, 5.74) is -0.346. The van der Waals surface area contributed by atoms with E-state index in [2.05, 4.69) is 25.5 Å². The number of carbonyl (C=O) groups is 1. The van der Waals surface area contributed by atoms with Crippen molar-refractivity contribution in [1.29, 1.82) is 0 Å². The number of amides is 1. The molecule has 1 amide bonds. The highest BCUT2D eigenvalue weighted by Crippen LogP contribution is 2.40. The van der Waals surface area contributed by atoms with Crippen molar-refractivity contribution in [3.05, 3.63) is 53.4 Å². The fourth-order valence-electron chi connectivity index (χ4n) is 5.02. The van der Waals surface area contributed by atoms with Crippen molar-refractivity contribution in [2.45, 2.75) is 64.0 Å². The second-order valence-electron chi connectivity index (χ2n) is 10.8. The average Bonchev–Trinajstić information content (AvgIpc) is 3.24. The Labute approximate surface area is 213 Å². The number of aromatic nitrogens is 2. The second kappa shape index (κ2) is 11.1. The number of rotatable bonds is 7. The number of hydrogen-bond donors (Lipinski definition) is 2. The molecule has 2 aliphatic heterocycles. The highest BCUT2D eigenvalue weighted by molar-refractivity contribution is 5.69. The molecule has 1 aromatic carbocycles. The SMILES string of the molecule is Cc1ccc(F)c([C@H]2CNC[C@@]2(NC(=O)OC(C)(C)C)c2ncc(OCCN3CCCCC3)cn2)c1. The van der Waals surface area contributed by atoms with Crippen LogP contribution < -0.4 is 15.4 Å². The molecule has 8 nitrogen and oxygen atoms in total. The average molecular weight is 500 g/mol. The normalized spacial score (nSPS) is 22.9. The molecule has 1 aromatic heterocycles. The molecule has 2 aliphatic rings. The van der Waals surface area contributed by atoms with Crippen molar-refractivity contribution in [1.82, 2.24) is 25.5 Å². The largest absolute Gasteiger partial charge is 0.489 e. The van der Waals surface area contributed by atoms with E-state index in [-0.39, 0.29) is 5.82 Å². The molecule has 2 atom stereocenters. The van der Waals surface area contributed by atoms with Gasteiger partial charge in [0, 0.05) is 25.6 Å². The molecule has 9 heteroatoms. The Bertz CT molecular complexity index is 1040. The van der Waals surface area contributed by atoms with Crippen LogP contribution in [0, 0.1) is 12.7 Å². The first kappa shape index (κ1) is 26.3. The lowest BCUT2D eigenvalue weighted by Gasteiger charge is -2.35. The number of alkyl carbamates (subject to hydrolysis) is 1. The first-order chi connectivity index (χ1) is 17.2. The van der Waals surface area contributed by atoms with Gasteiger partial charge in [-0.1, -0.05) is 24.1 Å². The monoisotopic (exact) mass is 499 g/mol. The maximum Gasteiger partial charge on any atom is 0.408 e. The molecule has 2 N–H and O–H groups in total. The predicted octanol–water partition coefficient (Wildman–Crippen LogP) is 3.90. The van der Waals surface area contributed by atoms with Crippen LogP contribution in [0.5, 0.6) is 5.75 Å². The molecule has 4 rings (SSSR count). The van der Waals surface area contributed by atoms with Gasteiger partial charge >= 0.3 is 6.09 Å². The first-order valence-corrected chi connectivity index (χ1v) is 12.8. The summed E-state index contributed by atoms with van der Waals surface area (Å²) in [6.45, 7) is 11.8. The number of hydrogen-bond acceptors (Lipinski definition) is 7. The summed E-state index contributed by atoms with van der Waals surface area (Å²) in [6, 6.07) is 5.01. The molecule has 36 heavy (non-hydrogen) atoms. The van der Waals surface area contributed by atoms with Crippen LogP contribution in [0.15, 0.2) is 30.6 Å². The Morgan fingerprint density at radius 2 is 1.94 bits per heavy atom. The minimum atomic E-state index is -1.09. The third-order valence-corrected chi connectivity index (χ3v) is 6.75. The summed E-state index contributed by atoms with van der Waals surface area (Å²) in [4.78, 5) is 24.5. The molecule has 0 bridgehead atoms. The Morgan fingerprint density at radius 1 is 1.22 bits per heavy atom. The van der Waals surface area contributed by atoms with Crippen LogP contribution in [0.3, 0.4) is 0 Å². The summed E-state index contributed by atoms with van der Waals surface area (Å²) in [6.07, 6.45) is 6.42. The first-order valence-electron chi connectivity index (χ1n) is 12.8. The van der Waals surface area contributed by atoms with Crippen molar-refractivity contribution in [2.75, 3.05) is 39.3 Å². The van der Waals surface area contributed by atoms with Gasteiger partial charge in [0.05, 0.1) is 12.4 Å². The zero-order valence-electron chi connectivity index (χ0n) is 21.8. The van der Waals surface area contributed by atoms with Gasteiger partial charge in [-0.15, -0.1) is 0 Å². The Hall–Kier alpha value is -2.78. The van der Waals surface area contributed by atoms with Crippen molar-refractivity contribution >= 4 is 6.09 Å². The third-order valence-electron chi connectivity index (χ3n) is 6.75. The number of carbonyl (C=O) groups excluding carboxylic acids is 1. The zero-order chi connectivity index (χ0) is 25.8. The van der Waals surface area contributed by atoms with Crippen LogP contribution in [0.4, 0.5) is 9.18 Å². The molecule has 0 unspecified atom stereocenters. The number of ether oxygens (including phenoxy) is 2. The number of halogens is 1. The molecule has 0 spiro atoms. The molecule has 2 fully saturated rings. The number of nitrogens with zero attached hydrogens (tertiary/aromatic N) is 3. The highest BCUT2D eigenvalue weighted by Gasteiger charge is 2.50. The van der Waals surface area contributed by atoms with Gasteiger partial charge in [-0.05, 0) is 65.3 Å². The van der Waals surface area contributed by atoms with Crippen molar-refractivity contribution in [3.8, 4) is 5.75 Å². The number of likely N-dealkylation sites (tertiary alicyclic amines) is 1. The van der Waals surface area contributed by atoms with Gasteiger partial charge in [-0.25, -0.2) is 19.2 Å². The standard InChI is InChI=1S/C27H38FN5O3/c1-19-8-9-23(28)21(14-19)22-17-29-18-27(22,32-25(34)36-26(2,3)4)24-30-15-20(16-31-24)35-13-12-33-10-6-5-7-11-33/h8-9,14-16,22,29H,5-7,10-13,17-18H2,1-4H3,(H,32,34)/t22-,27+/m1/s1. The van der Waals surface area contributed by atoms with Crippen LogP contribution >= 0.6 is 0 Å². The van der Waals surface area contributed by atoms with Crippen LogP contribution in [-0.4, -0.2) is 65.9 Å². The summed E-state index contributed by atoms with van der Waals surface area (Å²) in [5, 5.41) is 6.31.